The van der Waals surface area contributed by atoms with Crippen molar-refractivity contribution in [2.24, 2.45) is 0 Å². The monoisotopic (exact) mass is 528 g/mol. The van der Waals surface area contributed by atoms with Crippen LogP contribution in [0.25, 0.3) is 5.69 Å². The molecule has 1 aliphatic rings. The summed E-state index contributed by atoms with van der Waals surface area (Å²) in [6, 6.07) is 13.5. The molecule has 0 saturated heterocycles. The Morgan fingerprint density at radius 2 is 1.59 bits per heavy atom. The van der Waals surface area contributed by atoms with E-state index in [0.29, 0.717) is 5.69 Å². The van der Waals surface area contributed by atoms with Crippen LogP contribution in [0.15, 0.2) is 71.9 Å². The van der Waals surface area contributed by atoms with Crippen LogP contribution in [0.2, 0.25) is 0 Å². The number of nitrogens with one attached hydrogen (secondary N) is 1. The number of aromatic nitrogens is 4. The lowest BCUT2D eigenvalue weighted by molar-refractivity contribution is -0.141. The lowest BCUT2D eigenvalue weighted by atomic mass is 9.87. The summed E-state index contributed by atoms with van der Waals surface area (Å²) in [5.41, 5.74) is 0.977. The normalized spacial score (nSPS) is 13.9. The minimum Gasteiger partial charge on any atom is -0.338 e. The van der Waals surface area contributed by atoms with E-state index in [0.717, 1.165) is 15.9 Å². The van der Waals surface area contributed by atoms with Gasteiger partial charge < -0.3 is 5.32 Å². The fourth-order valence-corrected chi connectivity index (χ4v) is 5.48. The molecular formula is C25H23F3N6O2S. The number of halogens is 3. The second kappa shape index (κ2) is 8.58. The lowest BCUT2D eigenvalue weighted by Crippen LogP contribution is -2.30. The lowest BCUT2D eigenvalue weighted by Gasteiger charge is -2.25. The van der Waals surface area contributed by atoms with Gasteiger partial charge in [0.1, 0.15) is 11.5 Å². The first kappa shape index (κ1) is 24.8. The van der Waals surface area contributed by atoms with Gasteiger partial charge in [-0.15, -0.1) is 0 Å². The van der Waals surface area contributed by atoms with Gasteiger partial charge in [0.05, 0.1) is 40.9 Å². The van der Waals surface area contributed by atoms with Crippen molar-refractivity contribution < 1.29 is 21.6 Å². The maximum atomic E-state index is 14.0. The number of benzene rings is 2. The van der Waals surface area contributed by atoms with Crippen molar-refractivity contribution in [3.63, 3.8) is 0 Å². The molecule has 8 nitrogen and oxygen atoms in total. The van der Waals surface area contributed by atoms with Crippen molar-refractivity contribution in [1.82, 2.24) is 20.0 Å². The molecule has 0 bridgehead atoms. The maximum absolute atomic E-state index is 14.0. The molecule has 12 heteroatoms. The largest absolute Gasteiger partial charge is 0.433 e. The van der Waals surface area contributed by atoms with Gasteiger partial charge in [0.25, 0.3) is 10.0 Å². The zero-order valence-electron chi connectivity index (χ0n) is 20.2. The average molecular weight is 529 g/mol. The Balaban J connectivity index is 1.67. The molecule has 0 radical (unpaired) electrons. The van der Waals surface area contributed by atoms with Crippen LogP contribution in [0.5, 0.6) is 0 Å². The summed E-state index contributed by atoms with van der Waals surface area (Å²) in [4.78, 5) is 5.13. The Morgan fingerprint density at radius 1 is 0.919 bits per heavy atom. The molecule has 0 unspecified atom stereocenters. The van der Waals surface area contributed by atoms with Gasteiger partial charge in [-0.05, 0) is 47.4 Å². The molecule has 4 aromatic rings. The van der Waals surface area contributed by atoms with E-state index in [9.17, 15) is 21.6 Å². The van der Waals surface area contributed by atoms with Gasteiger partial charge in [0.15, 0.2) is 0 Å². The van der Waals surface area contributed by atoms with Crippen LogP contribution in [0, 0.1) is 0 Å². The van der Waals surface area contributed by atoms with Crippen LogP contribution < -0.4 is 9.62 Å². The smallest absolute Gasteiger partial charge is 0.338 e. The molecule has 0 spiro atoms. The molecule has 3 heterocycles. The van der Waals surface area contributed by atoms with Crippen molar-refractivity contribution in [3.8, 4) is 5.69 Å². The van der Waals surface area contributed by atoms with E-state index >= 15 is 0 Å². The van der Waals surface area contributed by atoms with Gasteiger partial charge in [-0.1, -0.05) is 39.0 Å². The highest BCUT2D eigenvalue weighted by Gasteiger charge is 2.35. The van der Waals surface area contributed by atoms with Gasteiger partial charge in [-0.25, -0.2) is 13.4 Å². The zero-order chi connectivity index (χ0) is 26.6. The van der Waals surface area contributed by atoms with E-state index in [2.05, 4.69) is 20.5 Å². The fraction of sp³-hybridized carbons (Fsp3) is 0.240. The first-order chi connectivity index (χ1) is 17.3. The van der Waals surface area contributed by atoms with Crippen molar-refractivity contribution in [2.45, 2.75) is 43.8 Å². The summed E-state index contributed by atoms with van der Waals surface area (Å²) in [6.07, 6.45) is -1.69. The van der Waals surface area contributed by atoms with E-state index < -0.39 is 21.9 Å². The van der Waals surface area contributed by atoms with E-state index in [-0.39, 0.29) is 39.6 Å². The number of anilines is 3. The van der Waals surface area contributed by atoms with Gasteiger partial charge >= 0.3 is 6.18 Å². The Bertz CT molecular complexity index is 1560. The standard InChI is InChI=1S/C25H23F3N6O2S/c1-24(2,3)17-5-8-19(9-6-17)37(35,36)33-15-16-4-11-22(25(26,27)28)32-23(16)31-20-10-7-18(14-21(20)33)34-29-12-13-30-34/h4-14H,15H2,1-3H3,(H,31,32). The maximum Gasteiger partial charge on any atom is 0.433 e. The van der Waals surface area contributed by atoms with E-state index in [1.165, 1.54) is 23.3 Å². The third-order valence-corrected chi connectivity index (χ3v) is 7.82. The number of fused-ring (bicyclic) bond motifs is 2. The molecule has 0 fully saturated rings. The van der Waals surface area contributed by atoms with Crippen LogP contribution in [-0.2, 0) is 28.2 Å². The minimum atomic E-state index is -4.65. The number of hydrogen-bond donors (Lipinski definition) is 1. The summed E-state index contributed by atoms with van der Waals surface area (Å²) in [5, 5.41) is 11.1. The SMILES string of the molecule is CC(C)(C)c1ccc(S(=O)(=O)N2Cc3ccc(C(F)(F)F)nc3Nc3ccc(-n4nccn4)cc32)cc1. The number of sulfonamides is 1. The highest BCUT2D eigenvalue weighted by Crippen LogP contribution is 2.40. The summed E-state index contributed by atoms with van der Waals surface area (Å²) in [6.45, 7) is 5.84. The van der Waals surface area contributed by atoms with Crippen LogP contribution >= 0.6 is 0 Å². The molecule has 37 heavy (non-hydrogen) atoms. The molecule has 0 aliphatic carbocycles. The van der Waals surface area contributed by atoms with Gasteiger partial charge in [0, 0.05) is 5.56 Å². The van der Waals surface area contributed by atoms with Gasteiger partial charge in [-0.3, -0.25) is 4.31 Å². The van der Waals surface area contributed by atoms with Crippen LogP contribution in [-0.4, -0.2) is 28.4 Å². The highest BCUT2D eigenvalue weighted by atomic mass is 32.2. The number of alkyl halides is 3. The third-order valence-electron chi connectivity index (χ3n) is 6.04. The molecule has 1 aliphatic heterocycles. The third kappa shape index (κ3) is 4.64. The molecule has 2 aromatic carbocycles. The van der Waals surface area contributed by atoms with Gasteiger partial charge in [0.2, 0.25) is 0 Å². The van der Waals surface area contributed by atoms with Gasteiger partial charge in [-0.2, -0.15) is 28.2 Å². The molecule has 192 valence electrons. The van der Waals surface area contributed by atoms with Crippen LogP contribution in [0.4, 0.5) is 30.4 Å². The van der Waals surface area contributed by atoms with Crippen molar-refractivity contribution in [1.29, 1.82) is 0 Å². The number of hydrogen-bond acceptors (Lipinski definition) is 6. The number of pyridine rings is 1. The molecule has 0 saturated carbocycles. The Kier molecular flexibility index (Phi) is 5.74. The van der Waals surface area contributed by atoms with Crippen LogP contribution in [0.3, 0.4) is 0 Å². The van der Waals surface area contributed by atoms with E-state index in [1.54, 1.807) is 42.5 Å². The molecule has 1 N–H and O–H groups in total. The van der Waals surface area contributed by atoms with Crippen LogP contribution in [0.1, 0.15) is 37.6 Å². The average Bonchev–Trinajstić information content (AvgIpc) is 3.31. The van der Waals surface area contributed by atoms with E-state index in [1.807, 2.05) is 20.8 Å². The summed E-state index contributed by atoms with van der Waals surface area (Å²) in [5.74, 6) is -0.0678. The Hall–Kier alpha value is -3.93. The molecule has 0 atom stereocenters. The topological polar surface area (TPSA) is 93.0 Å². The summed E-state index contributed by atoms with van der Waals surface area (Å²) >= 11 is 0. The van der Waals surface area contributed by atoms with Crippen molar-refractivity contribution in [2.75, 3.05) is 9.62 Å². The predicted molar refractivity (Wildman–Crippen MR) is 132 cm³/mol. The highest BCUT2D eigenvalue weighted by molar-refractivity contribution is 7.92. The molecule has 5 rings (SSSR count). The molecule has 0 amide bonds. The molecule has 2 aromatic heterocycles. The van der Waals surface area contributed by atoms with E-state index in [4.69, 9.17) is 0 Å². The number of nitrogens with zero attached hydrogens (tertiary/aromatic N) is 5. The Labute approximate surface area is 211 Å². The second-order valence-corrected chi connectivity index (χ2v) is 11.5. The fourth-order valence-electron chi connectivity index (χ4n) is 4.02. The Morgan fingerprint density at radius 3 is 2.22 bits per heavy atom. The predicted octanol–water partition coefficient (Wildman–Crippen LogP) is 5.43. The number of rotatable bonds is 3. The van der Waals surface area contributed by atoms with Crippen molar-refractivity contribution >= 4 is 27.2 Å². The first-order valence-electron chi connectivity index (χ1n) is 11.3. The summed E-state index contributed by atoms with van der Waals surface area (Å²) in [7, 11) is -4.13. The minimum absolute atomic E-state index is 0.0531. The first-order valence-corrected chi connectivity index (χ1v) is 12.8. The quantitative estimate of drug-likeness (QED) is 0.381. The zero-order valence-corrected chi connectivity index (χ0v) is 21.0. The summed E-state index contributed by atoms with van der Waals surface area (Å²) < 4.78 is 69.1. The second-order valence-electron chi connectivity index (χ2n) is 9.63. The van der Waals surface area contributed by atoms with Crippen molar-refractivity contribution in [3.05, 3.63) is 83.8 Å². The molecular weight excluding hydrogens is 505 g/mol.